The first-order chi connectivity index (χ1) is 22.4. The number of aromatic nitrogens is 1. The van der Waals surface area contributed by atoms with Crippen LogP contribution in [0, 0.1) is 0 Å². The Morgan fingerprint density at radius 2 is 1.66 bits per heavy atom. The molecule has 2 heterocycles. The topological polar surface area (TPSA) is 286 Å². The summed E-state index contributed by atoms with van der Waals surface area (Å²) < 4.78 is 0. The summed E-state index contributed by atoms with van der Waals surface area (Å²) in [5.41, 5.74) is 17.7. The highest BCUT2D eigenvalue weighted by Gasteiger charge is 2.30. The van der Waals surface area contributed by atoms with Crippen LogP contribution >= 0.6 is 23.1 Å². The van der Waals surface area contributed by atoms with Gasteiger partial charge in [-0.05, 0) is 18.4 Å². The van der Waals surface area contributed by atoms with Gasteiger partial charge in [0.15, 0.2) is 11.1 Å². The lowest BCUT2D eigenvalue weighted by Gasteiger charge is -2.24. The van der Waals surface area contributed by atoms with Crippen LogP contribution < -0.4 is 43.8 Å². The summed E-state index contributed by atoms with van der Waals surface area (Å²) in [6.07, 6.45) is -0.142. The van der Waals surface area contributed by atoms with Gasteiger partial charge in [-0.1, -0.05) is 30.3 Å². The van der Waals surface area contributed by atoms with Gasteiger partial charge in [0.25, 0.3) is 0 Å². The van der Waals surface area contributed by atoms with Crippen molar-refractivity contribution in [3.63, 3.8) is 0 Å². The minimum absolute atomic E-state index is 0.0365. The van der Waals surface area contributed by atoms with Gasteiger partial charge in [0.2, 0.25) is 29.5 Å². The van der Waals surface area contributed by atoms with Gasteiger partial charge in [-0.2, -0.15) is 11.8 Å². The maximum atomic E-state index is 13.7. The molecule has 0 radical (unpaired) electrons. The third-order valence-electron chi connectivity index (χ3n) is 6.67. The number of benzene rings is 1. The Labute approximate surface area is 278 Å². The quantitative estimate of drug-likeness (QED) is 0.0785. The highest BCUT2D eigenvalue weighted by atomic mass is 32.2. The highest BCUT2D eigenvalue weighted by molar-refractivity contribution is 7.98. The monoisotopic (exact) mass is 690 g/mol. The van der Waals surface area contributed by atoms with E-state index in [0.29, 0.717) is 23.0 Å². The summed E-state index contributed by atoms with van der Waals surface area (Å²) in [7, 11) is 0. The van der Waals surface area contributed by atoms with Crippen molar-refractivity contribution in [1.82, 2.24) is 26.3 Å². The molecule has 1 aromatic carbocycles. The van der Waals surface area contributed by atoms with Gasteiger partial charge in [-0.3, -0.25) is 33.8 Å². The number of rotatable bonds is 9. The molecular weight excluding hydrogens is 653 g/mol. The number of carbonyl (C=O) groups excluding carboxylic acids is 5. The molecule has 0 fully saturated rings. The van der Waals surface area contributed by atoms with Gasteiger partial charge in [-0.25, -0.2) is 4.98 Å². The van der Waals surface area contributed by atoms with Gasteiger partial charge in [0, 0.05) is 29.9 Å². The molecule has 0 saturated carbocycles. The van der Waals surface area contributed by atoms with Crippen LogP contribution in [-0.2, 0) is 40.9 Å². The van der Waals surface area contributed by atoms with E-state index in [9.17, 15) is 33.9 Å². The Kier molecular flexibility index (Phi) is 14.2. The van der Waals surface area contributed by atoms with E-state index in [2.05, 4.69) is 36.6 Å². The van der Waals surface area contributed by atoms with E-state index in [1.807, 2.05) is 30.3 Å². The first-order valence-corrected chi connectivity index (χ1v) is 16.5. The summed E-state index contributed by atoms with van der Waals surface area (Å²) in [6.45, 7) is -0.475. The molecule has 5 amide bonds. The molecule has 4 atom stereocenters. The normalized spacial score (nSPS) is 21.5. The average molecular weight is 691 g/mol. The molecule has 1 aliphatic rings. The molecule has 1 aliphatic heterocycles. The van der Waals surface area contributed by atoms with Gasteiger partial charge in [-0.15, -0.1) is 11.3 Å². The Morgan fingerprint density at radius 1 is 0.936 bits per heavy atom. The number of aliphatic carboxylic acids is 1. The van der Waals surface area contributed by atoms with Crippen LogP contribution in [0.15, 0.2) is 40.7 Å². The summed E-state index contributed by atoms with van der Waals surface area (Å²) in [5.74, 6) is -5.09. The Bertz CT molecular complexity index is 1450. The zero-order valence-electron chi connectivity index (χ0n) is 25.3. The number of nitrogens with two attached hydrogens (primary N) is 3. The number of primary amides is 1. The molecule has 1 aromatic heterocycles. The van der Waals surface area contributed by atoms with Crippen molar-refractivity contribution < 1.29 is 33.9 Å². The van der Waals surface area contributed by atoms with Gasteiger partial charge >= 0.3 is 5.97 Å². The number of anilines is 1. The van der Waals surface area contributed by atoms with Crippen LogP contribution in [0.4, 0.5) is 5.13 Å². The molecule has 0 saturated heterocycles. The third-order valence-corrected chi connectivity index (χ3v) is 8.57. The highest BCUT2D eigenvalue weighted by Crippen LogP contribution is 2.22. The van der Waals surface area contributed by atoms with Crippen molar-refractivity contribution in [2.45, 2.75) is 55.6 Å². The van der Waals surface area contributed by atoms with Crippen LogP contribution in [0.5, 0.6) is 0 Å². The van der Waals surface area contributed by atoms with Crippen molar-refractivity contribution in [3.05, 3.63) is 47.0 Å². The average Bonchev–Trinajstić information content (AvgIpc) is 3.46. The minimum atomic E-state index is -1.57. The number of thioether (sulfide) groups is 1. The molecule has 2 aromatic rings. The predicted molar refractivity (Wildman–Crippen MR) is 176 cm³/mol. The fourth-order valence-corrected chi connectivity index (χ4v) is 6.19. The molecule has 2 bridgehead atoms. The van der Waals surface area contributed by atoms with E-state index in [1.165, 1.54) is 23.1 Å². The number of nitrogens with zero attached hydrogens (tertiary/aromatic N) is 2. The van der Waals surface area contributed by atoms with E-state index >= 15 is 0 Å². The Morgan fingerprint density at radius 3 is 2.34 bits per heavy atom. The van der Waals surface area contributed by atoms with Gasteiger partial charge in [0.05, 0.1) is 18.7 Å². The number of nitrogens with one attached hydrogen (secondary N) is 5. The number of amides is 5. The second kappa shape index (κ2) is 18.3. The summed E-state index contributed by atoms with van der Waals surface area (Å²) in [4.78, 5) is 84.6. The van der Waals surface area contributed by atoms with Crippen LogP contribution in [0.1, 0.15) is 30.5 Å². The van der Waals surface area contributed by atoms with Crippen molar-refractivity contribution in [2.24, 2.45) is 22.2 Å². The first kappa shape index (κ1) is 36.6. The molecule has 254 valence electrons. The number of aliphatic imine (C=N–C) groups is 1. The standard InChI is InChI=1S/C28H38N10O7S2/c29-23(42)20-14-46-12-16-13-47-28(34-16)38-18(9-15-5-2-1-3-6-15)25(44)36-17(7-4-8-32-27(30)31)24(43)33-11-21(39)35-19(10-22(40)41)26(45)37-20/h1-3,5-6,13,17-20H,4,7-12,14H2,(H2,29,42)(H,33,43)(H,34,38)(H,35,39)(H,36,44)(H,37,45)(H,40,41)(H4,30,31,32)/t17?,18-,19-,20-/m0/s1. The molecule has 12 N–H and O–H groups in total. The summed E-state index contributed by atoms with van der Waals surface area (Å²) in [6, 6.07) is 4.53. The number of hydrogen-bond donors (Lipinski definition) is 9. The lowest BCUT2D eigenvalue weighted by atomic mass is 10.0. The molecule has 1 unspecified atom stereocenters. The predicted octanol–water partition coefficient (Wildman–Crippen LogP) is -2.00. The Hall–Kier alpha value is -4.91. The molecule has 19 heteroatoms. The smallest absolute Gasteiger partial charge is 0.305 e. The third kappa shape index (κ3) is 12.8. The first-order valence-electron chi connectivity index (χ1n) is 14.5. The zero-order valence-corrected chi connectivity index (χ0v) is 26.9. The Balaban J connectivity index is 1.91. The number of carboxylic acids is 1. The van der Waals surface area contributed by atoms with E-state index in [1.54, 1.807) is 5.38 Å². The molecule has 0 aliphatic carbocycles. The number of fused-ring (bicyclic) bond motifs is 2. The maximum Gasteiger partial charge on any atom is 0.305 e. The molecule has 3 rings (SSSR count). The van der Waals surface area contributed by atoms with Gasteiger partial charge in [0.1, 0.15) is 24.2 Å². The lowest BCUT2D eigenvalue weighted by Crippen LogP contribution is -2.56. The number of carboxylic acid groups (broad SMARTS) is 1. The van der Waals surface area contributed by atoms with Crippen LogP contribution in [0.25, 0.3) is 0 Å². The van der Waals surface area contributed by atoms with E-state index < -0.39 is 72.6 Å². The molecule has 17 nitrogen and oxygen atoms in total. The van der Waals surface area contributed by atoms with Crippen molar-refractivity contribution in [3.8, 4) is 0 Å². The van der Waals surface area contributed by atoms with E-state index in [4.69, 9.17) is 17.2 Å². The van der Waals surface area contributed by atoms with Crippen molar-refractivity contribution in [1.29, 1.82) is 0 Å². The number of thiazole rings is 1. The van der Waals surface area contributed by atoms with E-state index in [-0.39, 0.29) is 31.1 Å². The molecule has 0 spiro atoms. The van der Waals surface area contributed by atoms with Crippen LogP contribution in [-0.4, -0.2) is 94.6 Å². The summed E-state index contributed by atoms with van der Waals surface area (Å²) >= 11 is 2.50. The van der Waals surface area contributed by atoms with Crippen molar-refractivity contribution in [2.75, 3.05) is 24.2 Å². The molecular formula is C28H38N10O7S2. The van der Waals surface area contributed by atoms with Crippen LogP contribution in [0.3, 0.4) is 0 Å². The van der Waals surface area contributed by atoms with Crippen molar-refractivity contribution >= 4 is 69.7 Å². The molecule has 47 heavy (non-hydrogen) atoms. The maximum absolute atomic E-state index is 13.7. The fourth-order valence-electron chi connectivity index (χ4n) is 4.36. The largest absolute Gasteiger partial charge is 0.481 e. The fraction of sp³-hybridized carbons (Fsp3) is 0.429. The van der Waals surface area contributed by atoms with E-state index in [0.717, 1.165) is 5.56 Å². The second-order valence-corrected chi connectivity index (χ2v) is 12.3. The lowest BCUT2D eigenvalue weighted by molar-refractivity contribution is -0.141. The van der Waals surface area contributed by atoms with Crippen LogP contribution in [0.2, 0.25) is 0 Å². The number of guanidine groups is 1. The second-order valence-electron chi connectivity index (χ2n) is 10.5. The summed E-state index contributed by atoms with van der Waals surface area (Å²) in [5, 5.41) is 24.5. The van der Waals surface area contributed by atoms with Gasteiger partial charge < -0.3 is 48.9 Å². The zero-order chi connectivity index (χ0) is 34.3. The number of carbonyl (C=O) groups is 6. The number of hydrogen-bond acceptors (Lipinski definition) is 11. The SMILES string of the molecule is NC(=O)[C@@H]1CSCc2csc(n2)N[C@@H](Cc2ccccc2)C(=O)NC(CCCN=C(N)N)C(=O)NCC(=O)N[C@@H](CC(=O)O)C(=O)N1. The minimum Gasteiger partial charge on any atom is -0.481 e.